The maximum absolute atomic E-state index is 5.31. The fraction of sp³-hybridized carbons (Fsp3) is 0.300. The Kier molecular flexibility index (Phi) is 3.90. The minimum Gasteiger partial charge on any atom is -0.464 e. The van der Waals surface area contributed by atoms with E-state index in [1.54, 1.807) is 18.4 Å². The molecule has 0 aliphatic carbocycles. The molecule has 17 heavy (non-hydrogen) atoms. The highest BCUT2D eigenvalue weighted by Crippen LogP contribution is 2.30. The number of hydrogen-bond acceptors (Lipinski definition) is 6. The van der Waals surface area contributed by atoms with Gasteiger partial charge >= 0.3 is 6.01 Å². The Bertz CT molecular complexity index is 517. The van der Waals surface area contributed by atoms with Crippen LogP contribution in [0.2, 0.25) is 0 Å². The molecule has 0 amide bonds. The van der Waals surface area contributed by atoms with Crippen molar-refractivity contribution in [3.05, 3.63) is 15.2 Å². The van der Waals surface area contributed by atoms with Gasteiger partial charge in [0, 0.05) is 27.8 Å². The van der Waals surface area contributed by atoms with Gasteiger partial charge in [0.1, 0.15) is 0 Å². The van der Waals surface area contributed by atoms with Crippen molar-refractivity contribution in [2.45, 2.75) is 6.92 Å². The first-order valence-electron chi connectivity index (χ1n) is 5.03. The summed E-state index contributed by atoms with van der Waals surface area (Å²) in [5.41, 5.74) is 0.940. The predicted octanol–water partition coefficient (Wildman–Crippen LogP) is 2.80. The highest BCUT2D eigenvalue weighted by Gasteiger charge is 2.11. The van der Waals surface area contributed by atoms with Gasteiger partial charge < -0.3 is 10.1 Å². The predicted molar refractivity (Wildman–Crippen MR) is 71.6 cm³/mol. The molecule has 5 nitrogen and oxygen atoms in total. The molecule has 2 aromatic heterocycles. The summed E-state index contributed by atoms with van der Waals surface area (Å²) in [6.07, 6.45) is 0. The lowest BCUT2D eigenvalue weighted by molar-refractivity contribution is 0.312. The molecule has 2 rings (SSSR count). The van der Waals surface area contributed by atoms with Crippen LogP contribution >= 0.6 is 27.3 Å². The van der Waals surface area contributed by atoms with Crippen LogP contribution in [0.25, 0.3) is 11.4 Å². The van der Waals surface area contributed by atoms with Crippen molar-refractivity contribution < 1.29 is 4.74 Å². The van der Waals surface area contributed by atoms with Gasteiger partial charge in [-0.3, -0.25) is 0 Å². The van der Waals surface area contributed by atoms with Crippen LogP contribution in [0.5, 0.6) is 6.01 Å². The summed E-state index contributed by atoms with van der Waals surface area (Å²) in [4.78, 5) is 12.7. The fourth-order valence-electron chi connectivity index (χ4n) is 1.22. The summed E-state index contributed by atoms with van der Waals surface area (Å²) in [7, 11) is 1.76. The molecule has 0 radical (unpaired) electrons. The minimum absolute atomic E-state index is 0.333. The van der Waals surface area contributed by atoms with Crippen LogP contribution in [-0.4, -0.2) is 28.6 Å². The van der Waals surface area contributed by atoms with E-state index >= 15 is 0 Å². The molecule has 90 valence electrons. The normalized spacial score (nSPS) is 10.3. The minimum atomic E-state index is 0.333. The standard InChI is InChI=1S/C10H11BrN4OS/c1-3-16-10-14-8(13-9(12-2)15-10)6-4-17-5-7(6)11/h4-5H,3H2,1-2H3,(H,12,13,14,15). The fourth-order valence-corrected chi connectivity index (χ4v) is 2.67. The van der Waals surface area contributed by atoms with E-state index in [4.69, 9.17) is 4.74 Å². The first kappa shape index (κ1) is 12.3. The lowest BCUT2D eigenvalue weighted by Crippen LogP contribution is -2.04. The molecular weight excluding hydrogens is 304 g/mol. The van der Waals surface area contributed by atoms with Gasteiger partial charge in [-0.1, -0.05) is 0 Å². The SMILES string of the molecule is CCOc1nc(NC)nc(-c2cscc2Br)n1. The van der Waals surface area contributed by atoms with Gasteiger partial charge in [0.2, 0.25) is 5.95 Å². The van der Waals surface area contributed by atoms with Crippen LogP contribution in [0.3, 0.4) is 0 Å². The molecule has 0 aliphatic rings. The molecule has 0 bridgehead atoms. The molecule has 1 N–H and O–H groups in total. The zero-order valence-corrected chi connectivity index (χ0v) is 11.8. The summed E-state index contributed by atoms with van der Waals surface area (Å²) < 4.78 is 6.28. The monoisotopic (exact) mass is 314 g/mol. The van der Waals surface area contributed by atoms with Crippen LogP contribution < -0.4 is 10.1 Å². The number of hydrogen-bond donors (Lipinski definition) is 1. The van der Waals surface area contributed by atoms with Crippen molar-refractivity contribution in [1.29, 1.82) is 0 Å². The zero-order valence-electron chi connectivity index (χ0n) is 9.40. The van der Waals surface area contributed by atoms with Gasteiger partial charge in [-0.2, -0.15) is 26.3 Å². The topological polar surface area (TPSA) is 59.9 Å². The number of ether oxygens (including phenoxy) is 1. The van der Waals surface area contributed by atoms with Gasteiger partial charge in [0.25, 0.3) is 0 Å². The molecule has 2 aromatic rings. The number of rotatable bonds is 4. The smallest absolute Gasteiger partial charge is 0.321 e. The van der Waals surface area contributed by atoms with Gasteiger partial charge in [0.05, 0.1) is 6.61 Å². The number of thiophene rings is 1. The molecule has 0 atom stereocenters. The second kappa shape index (κ2) is 5.42. The van der Waals surface area contributed by atoms with Gasteiger partial charge in [-0.05, 0) is 22.9 Å². The molecule has 0 saturated carbocycles. The summed E-state index contributed by atoms with van der Waals surface area (Å²) >= 11 is 5.05. The quantitative estimate of drug-likeness (QED) is 0.940. The number of nitrogens with one attached hydrogen (secondary N) is 1. The molecule has 2 heterocycles. The van der Waals surface area contributed by atoms with Crippen molar-refractivity contribution in [3.8, 4) is 17.4 Å². The van der Waals surface area contributed by atoms with Crippen molar-refractivity contribution in [2.24, 2.45) is 0 Å². The molecule has 7 heteroatoms. The lowest BCUT2D eigenvalue weighted by atomic mass is 10.3. The second-order valence-corrected chi connectivity index (χ2v) is 4.68. The summed E-state index contributed by atoms with van der Waals surface area (Å²) in [5.74, 6) is 1.09. The Morgan fingerprint density at radius 1 is 1.35 bits per heavy atom. The van der Waals surface area contributed by atoms with E-state index in [0.29, 0.717) is 24.4 Å². The third-order valence-electron chi connectivity index (χ3n) is 1.97. The van der Waals surface area contributed by atoms with E-state index in [0.717, 1.165) is 10.0 Å². The Morgan fingerprint density at radius 2 is 2.18 bits per heavy atom. The van der Waals surface area contributed by atoms with Crippen molar-refractivity contribution in [3.63, 3.8) is 0 Å². The van der Waals surface area contributed by atoms with E-state index in [-0.39, 0.29) is 0 Å². The third-order valence-corrected chi connectivity index (χ3v) is 3.67. The molecular formula is C10H11BrN4OS. The van der Waals surface area contributed by atoms with E-state index in [2.05, 4.69) is 36.2 Å². The molecule has 0 aliphatic heterocycles. The average molecular weight is 315 g/mol. The van der Waals surface area contributed by atoms with Crippen molar-refractivity contribution in [1.82, 2.24) is 15.0 Å². The summed E-state index contributed by atoms with van der Waals surface area (Å²) in [6.45, 7) is 2.42. The Hall–Kier alpha value is -1.21. The van der Waals surface area contributed by atoms with Crippen molar-refractivity contribution >= 4 is 33.2 Å². The highest BCUT2D eigenvalue weighted by molar-refractivity contribution is 9.10. The van der Waals surface area contributed by atoms with Gasteiger partial charge in [0.15, 0.2) is 5.82 Å². The summed E-state index contributed by atoms with van der Waals surface area (Å²) in [6, 6.07) is 0.333. The highest BCUT2D eigenvalue weighted by atomic mass is 79.9. The average Bonchev–Trinajstić information content (AvgIpc) is 2.75. The first-order valence-corrected chi connectivity index (χ1v) is 6.77. The maximum Gasteiger partial charge on any atom is 0.321 e. The van der Waals surface area contributed by atoms with Crippen LogP contribution in [-0.2, 0) is 0 Å². The molecule has 0 aromatic carbocycles. The van der Waals surface area contributed by atoms with E-state index in [1.807, 2.05) is 17.7 Å². The molecule has 0 spiro atoms. The van der Waals surface area contributed by atoms with Crippen LogP contribution in [0.1, 0.15) is 6.92 Å². The van der Waals surface area contributed by atoms with Crippen LogP contribution in [0.4, 0.5) is 5.95 Å². The number of anilines is 1. The third kappa shape index (κ3) is 2.73. The van der Waals surface area contributed by atoms with Crippen molar-refractivity contribution in [2.75, 3.05) is 19.0 Å². The zero-order chi connectivity index (χ0) is 12.3. The van der Waals surface area contributed by atoms with Crippen LogP contribution in [0, 0.1) is 0 Å². The summed E-state index contributed by atoms with van der Waals surface area (Å²) in [5, 5.41) is 6.86. The van der Waals surface area contributed by atoms with E-state index in [1.165, 1.54) is 0 Å². The Morgan fingerprint density at radius 3 is 2.76 bits per heavy atom. The van der Waals surface area contributed by atoms with E-state index < -0.39 is 0 Å². The molecule has 0 fully saturated rings. The first-order chi connectivity index (χ1) is 8.24. The number of aromatic nitrogens is 3. The largest absolute Gasteiger partial charge is 0.464 e. The molecule has 0 unspecified atom stereocenters. The van der Waals surface area contributed by atoms with E-state index in [9.17, 15) is 0 Å². The Labute approximate surface area is 111 Å². The lowest BCUT2D eigenvalue weighted by Gasteiger charge is -2.06. The number of halogens is 1. The Balaban J connectivity index is 2.46. The van der Waals surface area contributed by atoms with Crippen LogP contribution in [0.15, 0.2) is 15.2 Å². The van der Waals surface area contributed by atoms with Gasteiger partial charge in [-0.25, -0.2) is 0 Å². The number of nitrogens with zero attached hydrogens (tertiary/aromatic N) is 3. The maximum atomic E-state index is 5.31. The second-order valence-electron chi connectivity index (χ2n) is 3.08. The van der Waals surface area contributed by atoms with Gasteiger partial charge in [-0.15, -0.1) is 0 Å². The molecule has 0 saturated heterocycles.